The van der Waals surface area contributed by atoms with Crippen molar-refractivity contribution in [3.63, 3.8) is 0 Å². The van der Waals surface area contributed by atoms with Gasteiger partial charge in [0.25, 0.3) is 0 Å². The molecule has 6 nitrogen and oxygen atoms in total. The van der Waals surface area contributed by atoms with Gasteiger partial charge in [-0.3, -0.25) is 0 Å². The normalized spacial score (nSPS) is 47.1. The predicted molar refractivity (Wildman–Crippen MR) is 100 cm³/mol. The largest absolute Gasteiger partial charge is 0.497 e. The summed E-state index contributed by atoms with van der Waals surface area (Å²) in [5.74, 6) is 2.14. The van der Waals surface area contributed by atoms with Crippen LogP contribution in [0.2, 0.25) is 0 Å². The third-order valence-corrected chi connectivity index (χ3v) is 7.41. The van der Waals surface area contributed by atoms with E-state index in [1.54, 1.807) is 7.11 Å². The van der Waals surface area contributed by atoms with E-state index in [9.17, 15) is 0 Å². The molecule has 5 fully saturated rings. The second-order valence-electron chi connectivity index (χ2n) is 9.07. The Morgan fingerprint density at radius 3 is 2.46 bits per heavy atom. The first-order valence-electron chi connectivity index (χ1n) is 10.5. The van der Waals surface area contributed by atoms with Crippen LogP contribution in [0, 0.1) is 23.7 Å². The van der Waals surface area contributed by atoms with Gasteiger partial charge in [-0.05, 0) is 62.3 Å². The second-order valence-corrected chi connectivity index (χ2v) is 9.07. The molecule has 0 amide bonds. The lowest BCUT2D eigenvalue weighted by Crippen LogP contribution is -2.70. The first kappa shape index (κ1) is 18.7. The van der Waals surface area contributed by atoms with Crippen LogP contribution in [-0.4, -0.2) is 31.1 Å². The maximum atomic E-state index is 6.44. The fourth-order valence-corrected chi connectivity index (χ4v) is 5.80. The van der Waals surface area contributed by atoms with Crippen LogP contribution in [0.5, 0.6) is 11.5 Å². The van der Waals surface area contributed by atoms with Crippen molar-refractivity contribution in [2.24, 2.45) is 23.7 Å². The van der Waals surface area contributed by atoms with E-state index in [-0.39, 0.29) is 11.8 Å². The molecular weight excluding hydrogens is 360 g/mol. The monoisotopic (exact) mass is 390 g/mol. The van der Waals surface area contributed by atoms with Gasteiger partial charge in [-0.2, -0.15) is 0 Å². The van der Waals surface area contributed by atoms with Crippen molar-refractivity contribution < 1.29 is 28.7 Å². The zero-order valence-electron chi connectivity index (χ0n) is 17.1. The zero-order valence-corrected chi connectivity index (χ0v) is 17.1. The average molecular weight is 390 g/mol. The molecule has 4 heterocycles. The van der Waals surface area contributed by atoms with Crippen molar-refractivity contribution in [2.75, 3.05) is 7.11 Å². The van der Waals surface area contributed by atoms with E-state index in [0.29, 0.717) is 11.8 Å². The van der Waals surface area contributed by atoms with Gasteiger partial charge < -0.3 is 18.9 Å². The molecule has 1 aromatic rings. The van der Waals surface area contributed by atoms with E-state index < -0.39 is 24.0 Å². The maximum absolute atomic E-state index is 6.44. The van der Waals surface area contributed by atoms with E-state index in [4.69, 9.17) is 28.7 Å². The molecule has 154 valence electrons. The molecule has 28 heavy (non-hydrogen) atoms. The smallest absolute Gasteiger partial charge is 0.205 e. The molecule has 4 aliphatic heterocycles. The summed E-state index contributed by atoms with van der Waals surface area (Å²) in [6.45, 7) is 6.46. The molecular formula is C22H30O6. The number of methoxy groups -OCH3 is 1. The standard InChI is InChI=1S/C22H30O6/c1-13-5-10-18-14(2)19(24-16-8-6-15(23-4)7-9-16)25-20-22(18)17(13)11-12-21(3,26-20)27-28-22/h6-9,13-14,17-20H,5,10-12H2,1-4H3/t13-,14-,17+,18+,19-,20-,21-,22-/m1/s1. The van der Waals surface area contributed by atoms with Crippen LogP contribution >= 0.6 is 0 Å². The third-order valence-electron chi connectivity index (χ3n) is 7.41. The summed E-state index contributed by atoms with van der Waals surface area (Å²) < 4.78 is 24.3. The Bertz CT molecular complexity index is 722. The Labute approximate surface area is 166 Å². The lowest BCUT2D eigenvalue weighted by molar-refractivity contribution is -0.575. The van der Waals surface area contributed by atoms with Crippen LogP contribution in [0.1, 0.15) is 46.5 Å². The van der Waals surface area contributed by atoms with Crippen molar-refractivity contribution in [2.45, 2.75) is 70.4 Å². The molecule has 2 bridgehead atoms. The van der Waals surface area contributed by atoms with Gasteiger partial charge in [-0.1, -0.05) is 13.8 Å². The van der Waals surface area contributed by atoms with Crippen LogP contribution in [0.25, 0.3) is 0 Å². The summed E-state index contributed by atoms with van der Waals surface area (Å²) in [7, 11) is 1.66. The highest BCUT2D eigenvalue weighted by molar-refractivity contribution is 5.31. The van der Waals surface area contributed by atoms with Crippen molar-refractivity contribution in [3.8, 4) is 11.5 Å². The predicted octanol–water partition coefficient (Wildman–Crippen LogP) is 4.28. The SMILES string of the molecule is COc1ccc(O[C@@H]2O[C@@H]3O[C@@]4(C)CC[C@H]5[C@H](C)CC[C@@H]([C@H]2C)[C@@]35OO4)cc1. The summed E-state index contributed by atoms with van der Waals surface area (Å²) in [6, 6.07) is 7.60. The summed E-state index contributed by atoms with van der Waals surface area (Å²) in [5.41, 5.74) is -0.549. The number of ether oxygens (including phenoxy) is 4. The van der Waals surface area contributed by atoms with Crippen molar-refractivity contribution in [1.82, 2.24) is 0 Å². The third kappa shape index (κ3) is 2.69. The van der Waals surface area contributed by atoms with Crippen molar-refractivity contribution >= 4 is 0 Å². The molecule has 8 atom stereocenters. The van der Waals surface area contributed by atoms with Crippen LogP contribution in [0.15, 0.2) is 24.3 Å². The highest BCUT2D eigenvalue weighted by Crippen LogP contribution is 2.60. The van der Waals surface area contributed by atoms with Gasteiger partial charge >= 0.3 is 0 Å². The van der Waals surface area contributed by atoms with Crippen LogP contribution in [-0.2, 0) is 19.2 Å². The van der Waals surface area contributed by atoms with E-state index in [2.05, 4.69) is 13.8 Å². The highest BCUT2D eigenvalue weighted by atomic mass is 17.3. The quantitative estimate of drug-likeness (QED) is 0.718. The lowest BCUT2D eigenvalue weighted by atomic mass is 9.58. The van der Waals surface area contributed by atoms with Gasteiger partial charge in [0, 0.05) is 18.3 Å². The minimum absolute atomic E-state index is 0.156. The number of fused-ring (bicyclic) bond motifs is 2. The maximum Gasteiger partial charge on any atom is 0.205 e. The number of hydrogen-bond acceptors (Lipinski definition) is 6. The lowest BCUT2D eigenvalue weighted by Gasteiger charge is -2.60. The molecule has 6 heteroatoms. The molecule has 1 spiro atoms. The molecule has 0 N–H and O–H groups in total. The van der Waals surface area contributed by atoms with E-state index in [0.717, 1.165) is 30.8 Å². The Morgan fingerprint density at radius 2 is 1.71 bits per heavy atom. The van der Waals surface area contributed by atoms with Gasteiger partial charge in [0.1, 0.15) is 11.5 Å². The first-order valence-corrected chi connectivity index (χ1v) is 10.5. The Balaban J connectivity index is 1.46. The van der Waals surface area contributed by atoms with Crippen molar-refractivity contribution in [3.05, 3.63) is 24.3 Å². The minimum atomic E-state index is -0.761. The summed E-state index contributed by atoms with van der Waals surface area (Å²) in [4.78, 5) is 12.0. The molecule has 5 aliphatic rings. The highest BCUT2D eigenvalue weighted by Gasteiger charge is 2.69. The molecule has 0 unspecified atom stereocenters. The number of hydrogen-bond donors (Lipinski definition) is 0. The summed E-state index contributed by atoms with van der Waals surface area (Å²) >= 11 is 0. The topological polar surface area (TPSA) is 55.4 Å². The van der Waals surface area contributed by atoms with Gasteiger partial charge in [0.05, 0.1) is 7.11 Å². The van der Waals surface area contributed by atoms with Gasteiger partial charge in [-0.15, -0.1) is 0 Å². The number of rotatable bonds is 3. The molecule has 1 aliphatic carbocycles. The molecule has 0 radical (unpaired) electrons. The Kier molecular flexibility index (Phi) is 4.40. The molecule has 1 aromatic carbocycles. The van der Waals surface area contributed by atoms with Crippen LogP contribution in [0.4, 0.5) is 0 Å². The van der Waals surface area contributed by atoms with Gasteiger partial charge in [0.15, 0.2) is 11.9 Å². The summed E-state index contributed by atoms with van der Waals surface area (Å²) in [6.07, 6.45) is 3.22. The fourth-order valence-electron chi connectivity index (χ4n) is 5.80. The first-order chi connectivity index (χ1) is 13.4. The molecule has 1 saturated carbocycles. The second kappa shape index (κ2) is 6.59. The number of benzene rings is 1. The van der Waals surface area contributed by atoms with E-state index in [1.807, 2.05) is 31.2 Å². The molecule has 0 aromatic heterocycles. The van der Waals surface area contributed by atoms with Crippen LogP contribution in [0.3, 0.4) is 0 Å². The van der Waals surface area contributed by atoms with E-state index >= 15 is 0 Å². The summed E-state index contributed by atoms with van der Waals surface area (Å²) in [5, 5.41) is 0. The zero-order chi connectivity index (χ0) is 19.5. The Morgan fingerprint density at radius 1 is 0.964 bits per heavy atom. The van der Waals surface area contributed by atoms with Gasteiger partial charge in [0.2, 0.25) is 12.1 Å². The van der Waals surface area contributed by atoms with Crippen LogP contribution < -0.4 is 9.47 Å². The average Bonchev–Trinajstić information content (AvgIpc) is 2.92. The van der Waals surface area contributed by atoms with Crippen molar-refractivity contribution in [1.29, 1.82) is 0 Å². The van der Waals surface area contributed by atoms with E-state index in [1.165, 1.54) is 6.42 Å². The fraction of sp³-hybridized carbons (Fsp3) is 0.727. The molecule has 4 saturated heterocycles. The molecule has 6 rings (SSSR count). The Hall–Kier alpha value is -1.34. The minimum Gasteiger partial charge on any atom is -0.497 e. The van der Waals surface area contributed by atoms with Gasteiger partial charge in [-0.25, -0.2) is 9.78 Å².